The Bertz CT molecular complexity index is 495. The van der Waals surface area contributed by atoms with Crippen molar-refractivity contribution in [3.05, 3.63) is 6.07 Å². The van der Waals surface area contributed by atoms with E-state index in [-0.39, 0.29) is 5.54 Å². The van der Waals surface area contributed by atoms with Crippen molar-refractivity contribution >= 4 is 17.6 Å². The van der Waals surface area contributed by atoms with Crippen LogP contribution in [0.1, 0.15) is 33.6 Å². The Morgan fingerprint density at radius 3 is 2.86 bits per heavy atom. The number of piperidine rings is 1. The first-order valence-electron chi connectivity index (χ1n) is 7.82. The topological polar surface area (TPSA) is 79.1 Å². The number of hydrogen-bond donors (Lipinski definition) is 3. The summed E-state index contributed by atoms with van der Waals surface area (Å²) < 4.78 is 0. The molecular weight excluding hydrogens is 264 g/mol. The first-order valence-corrected chi connectivity index (χ1v) is 7.82. The second-order valence-corrected chi connectivity index (χ2v) is 7.21. The molecule has 2 atom stereocenters. The molecule has 1 aromatic heterocycles. The van der Waals surface area contributed by atoms with Crippen LogP contribution in [0.4, 0.5) is 17.6 Å². The normalized spacial score (nSPS) is 25.8. The monoisotopic (exact) mass is 290 g/mol. The van der Waals surface area contributed by atoms with E-state index in [1.807, 2.05) is 6.07 Å². The minimum Gasteiger partial charge on any atom is -0.368 e. The van der Waals surface area contributed by atoms with Gasteiger partial charge in [0.15, 0.2) is 0 Å². The molecule has 3 heterocycles. The summed E-state index contributed by atoms with van der Waals surface area (Å²) in [5.41, 5.74) is 5.84. The highest BCUT2D eigenvalue weighted by atomic mass is 15.3. The minimum absolute atomic E-state index is 0.0430. The fraction of sp³-hybridized carbons (Fsp3) is 0.733. The highest BCUT2D eigenvalue weighted by Gasteiger charge is 2.35. The molecule has 4 N–H and O–H groups in total. The predicted molar refractivity (Wildman–Crippen MR) is 86.5 cm³/mol. The molecule has 0 saturated carbocycles. The van der Waals surface area contributed by atoms with E-state index in [0.717, 1.165) is 37.2 Å². The van der Waals surface area contributed by atoms with Crippen molar-refractivity contribution in [1.29, 1.82) is 0 Å². The molecule has 2 fully saturated rings. The number of hydrogen-bond acceptors (Lipinski definition) is 6. The number of nitrogen functional groups attached to an aromatic ring is 1. The van der Waals surface area contributed by atoms with Crippen molar-refractivity contribution in [1.82, 2.24) is 15.3 Å². The lowest BCUT2D eigenvalue weighted by molar-refractivity contribution is 0.340. The molecule has 0 amide bonds. The van der Waals surface area contributed by atoms with Gasteiger partial charge in [-0.25, -0.2) is 0 Å². The zero-order valence-electron chi connectivity index (χ0n) is 13.2. The summed E-state index contributed by atoms with van der Waals surface area (Å²) in [5, 5.41) is 6.99. The van der Waals surface area contributed by atoms with Crippen LogP contribution in [0.25, 0.3) is 0 Å². The molecular formula is C15H26N6. The van der Waals surface area contributed by atoms with Gasteiger partial charge in [-0.3, -0.25) is 0 Å². The number of nitrogens with zero attached hydrogens (tertiary/aromatic N) is 3. The average Bonchev–Trinajstić information content (AvgIpc) is 2.79. The van der Waals surface area contributed by atoms with Gasteiger partial charge >= 0.3 is 0 Å². The molecule has 2 aliphatic heterocycles. The van der Waals surface area contributed by atoms with Crippen LogP contribution in [0.3, 0.4) is 0 Å². The lowest BCUT2D eigenvalue weighted by Gasteiger charge is -2.24. The van der Waals surface area contributed by atoms with Gasteiger partial charge in [-0.15, -0.1) is 0 Å². The fourth-order valence-electron chi connectivity index (χ4n) is 3.30. The Labute approximate surface area is 126 Å². The predicted octanol–water partition coefficient (Wildman–Crippen LogP) is 1.46. The van der Waals surface area contributed by atoms with E-state index in [1.54, 1.807) is 0 Å². The van der Waals surface area contributed by atoms with Crippen LogP contribution in [0.15, 0.2) is 6.07 Å². The van der Waals surface area contributed by atoms with E-state index in [9.17, 15) is 0 Å². The molecule has 0 bridgehead atoms. The Hall–Kier alpha value is -1.56. The molecule has 6 nitrogen and oxygen atoms in total. The molecule has 1 aromatic rings. The number of nitrogens with two attached hydrogens (primary N) is 1. The summed E-state index contributed by atoms with van der Waals surface area (Å²) in [4.78, 5) is 11.1. The first kappa shape index (κ1) is 14.4. The van der Waals surface area contributed by atoms with Gasteiger partial charge in [0, 0.05) is 30.7 Å². The highest BCUT2D eigenvalue weighted by Crippen LogP contribution is 2.29. The second kappa shape index (κ2) is 5.33. The van der Waals surface area contributed by atoms with Crippen molar-refractivity contribution in [3.8, 4) is 0 Å². The molecule has 2 saturated heterocycles. The number of aromatic nitrogens is 2. The summed E-state index contributed by atoms with van der Waals surface area (Å²) in [6.45, 7) is 9.54. The van der Waals surface area contributed by atoms with E-state index in [1.165, 1.54) is 12.8 Å². The molecule has 0 aromatic carbocycles. The number of anilines is 3. The van der Waals surface area contributed by atoms with Crippen LogP contribution in [-0.2, 0) is 0 Å². The van der Waals surface area contributed by atoms with Crippen molar-refractivity contribution < 1.29 is 0 Å². The van der Waals surface area contributed by atoms with Crippen LogP contribution in [-0.4, -0.2) is 41.2 Å². The van der Waals surface area contributed by atoms with Gasteiger partial charge in [0.2, 0.25) is 5.95 Å². The van der Waals surface area contributed by atoms with E-state index in [2.05, 4.69) is 46.3 Å². The van der Waals surface area contributed by atoms with E-state index in [4.69, 9.17) is 5.73 Å². The number of rotatable bonds is 2. The summed E-state index contributed by atoms with van der Waals surface area (Å²) in [6.07, 6.45) is 2.58. The largest absolute Gasteiger partial charge is 0.368 e. The summed E-state index contributed by atoms with van der Waals surface area (Å²) in [7, 11) is 0. The smallest absolute Gasteiger partial charge is 0.223 e. The molecule has 0 spiro atoms. The molecule has 3 rings (SSSR count). The van der Waals surface area contributed by atoms with Crippen LogP contribution < -0.4 is 21.3 Å². The molecule has 6 heteroatoms. The maximum atomic E-state index is 5.89. The Balaban J connectivity index is 1.79. The van der Waals surface area contributed by atoms with Crippen molar-refractivity contribution in [2.75, 3.05) is 35.6 Å². The second-order valence-electron chi connectivity index (χ2n) is 7.21. The first-order chi connectivity index (χ1) is 9.90. The van der Waals surface area contributed by atoms with Crippen molar-refractivity contribution in [2.45, 2.75) is 45.2 Å². The molecule has 0 radical (unpaired) electrons. The third-order valence-electron chi connectivity index (χ3n) is 4.16. The molecule has 0 unspecified atom stereocenters. The maximum Gasteiger partial charge on any atom is 0.223 e. The summed E-state index contributed by atoms with van der Waals surface area (Å²) in [6, 6.07) is 2.60. The van der Waals surface area contributed by atoms with Gasteiger partial charge in [-0.2, -0.15) is 9.97 Å². The lowest BCUT2D eigenvalue weighted by atomic mass is 9.94. The SMILES string of the molecule is CC(C)(C)Nc1cc(N2C[C@@H]3CCCN[C@@H]3C2)nc(N)n1. The lowest BCUT2D eigenvalue weighted by Crippen LogP contribution is -2.40. The Morgan fingerprint density at radius 2 is 2.14 bits per heavy atom. The van der Waals surface area contributed by atoms with Gasteiger partial charge in [0.25, 0.3) is 0 Å². The van der Waals surface area contributed by atoms with Crippen LogP contribution in [0.5, 0.6) is 0 Å². The number of nitrogens with one attached hydrogen (secondary N) is 2. The maximum absolute atomic E-state index is 5.89. The summed E-state index contributed by atoms with van der Waals surface area (Å²) >= 11 is 0. The minimum atomic E-state index is -0.0430. The fourth-order valence-corrected chi connectivity index (χ4v) is 3.30. The van der Waals surface area contributed by atoms with Crippen molar-refractivity contribution in [3.63, 3.8) is 0 Å². The van der Waals surface area contributed by atoms with Gasteiger partial charge in [0.1, 0.15) is 11.6 Å². The molecule has 21 heavy (non-hydrogen) atoms. The molecule has 0 aliphatic carbocycles. The van der Waals surface area contributed by atoms with E-state index >= 15 is 0 Å². The Kier molecular flexibility index (Phi) is 3.65. The summed E-state index contributed by atoms with van der Waals surface area (Å²) in [5.74, 6) is 2.80. The van der Waals surface area contributed by atoms with Crippen LogP contribution in [0.2, 0.25) is 0 Å². The molecule has 2 aliphatic rings. The highest BCUT2D eigenvalue weighted by molar-refractivity contribution is 5.54. The van der Waals surface area contributed by atoms with Gasteiger partial charge < -0.3 is 21.3 Å². The third kappa shape index (κ3) is 3.37. The van der Waals surface area contributed by atoms with E-state index < -0.39 is 0 Å². The van der Waals surface area contributed by atoms with Crippen LogP contribution in [0, 0.1) is 5.92 Å². The van der Waals surface area contributed by atoms with Gasteiger partial charge in [-0.1, -0.05) is 0 Å². The zero-order chi connectivity index (χ0) is 15.0. The third-order valence-corrected chi connectivity index (χ3v) is 4.16. The van der Waals surface area contributed by atoms with E-state index in [0.29, 0.717) is 12.0 Å². The van der Waals surface area contributed by atoms with Crippen molar-refractivity contribution in [2.24, 2.45) is 5.92 Å². The standard InChI is InChI=1S/C15H26N6/c1-15(2,3)20-12-7-13(19-14(16)18-12)21-8-10-5-4-6-17-11(10)9-21/h7,10-11,17H,4-6,8-9H2,1-3H3,(H3,16,18,19,20)/t10-,11+/m0/s1. The van der Waals surface area contributed by atoms with Crippen LogP contribution >= 0.6 is 0 Å². The average molecular weight is 290 g/mol. The Morgan fingerprint density at radius 1 is 1.33 bits per heavy atom. The molecule has 116 valence electrons. The quantitative estimate of drug-likeness (QED) is 0.765. The van der Waals surface area contributed by atoms with Gasteiger partial charge in [0.05, 0.1) is 0 Å². The number of fused-ring (bicyclic) bond motifs is 1. The zero-order valence-corrected chi connectivity index (χ0v) is 13.2. The van der Waals surface area contributed by atoms with Gasteiger partial charge in [-0.05, 0) is 46.1 Å².